The predicted molar refractivity (Wildman–Crippen MR) is 162 cm³/mol. The Balaban J connectivity index is 1.09. The highest BCUT2D eigenvalue weighted by Crippen LogP contribution is 2.30. The molecule has 2 aliphatic heterocycles. The van der Waals surface area contributed by atoms with Crippen molar-refractivity contribution in [2.24, 2.45) is 0 Å². The maximum atomic E-state index is 14.6. The lowest BCUT2D eigenvalue weighted by atomic mass is 9.93. The fourth-order valence-corrected chi connectivity index (χ4v) is 5.89. The van der Waals surface area contributed by atoms with Crippen LogP contribution in [0.15, 0.2) is 54.6 Å². The average molecular weight is 601 g/mol. The van der Waals surface area contributed by atoms with Gasteiger partial charge >= 0.3 is 5.97 Å². The van der Waals surface area contributed by atoms with Crippen LogP contribution < -0.4 is 4.74 Å². The van der Waals surface area contributed by atoms with Crippen LogP contribution in [0, 0.1) is 5.82 Å². The van der Waals surface area contributed by atoms with Gasteiger partial charge in [0.25, 0.3) is 0 Å². The van der Waals surface area contributed by atoms with E-state index >= 15 is 0 Å². The quantitative estimate of drug-likeness (QED) is 0.160. The van der Waals surface area contributed by atoms with Crippen LogP contribution in [0.1, 0.15) is 76.3 Å². The number of carbonyl (C=O) groups is 2. The summed E-state index contributed by atoms with van der Waals surface area (Å²) in [7, 11) is 1.39. The van der Waals surface area contributed by atoms with E-state index in [1.54, 1.807) is 31.2 Å². The topological polar surface area (TPSA) is 95.8 Å². The van der Waals surface area contributed by atoms with Crippen molar-refractivity contribution >= 4 is 22.8 Å². The highest BCUT2D eigenvalue weighted by molar-refractivity contribution is 5.96. The number of piperidine rings is 1. The second kappa shape index (κ2) is 13.2. The lowest BCUT2D eigenvalue weighted by molar-refractivity contribution is -0.0592. The summed E-state index contributed by atoms with van der Waals surface area (Å²) in [6.07, 6.45) is 3.38. The first kappa shape index (κ1) is 29.9. The molecule has 0 N–H and O–H groups in total. The minimum absolute atomic E-state index is 0.0371. The first-order valence-corrected chi connectivity index (χ1v) is 15.2. The number of halogens is 1. The molecule has 4 heterocycles. The summed E-state index contributed by atoms with van der Waals surface area (Å²) in [6.45, 7) is 5.76. The van der Waals surface area contributed by atoms with Gasteiger partial charge in [-0.1, -0.05) is 25.1 Å². The lowest BCUT2D eigenvalue weighted by Crippen LogP contribution is -2.35. The van der Waals surface area contributed by atoms with Crippen LogP contribution in [0.3, 0.4) is 0 Å². The number of esters is 1. The Morgan fingerprint density at radius 1 is 1.02 bits per heavy atom. The number of ketones is 1. The van der Waals surface area contributed by atoms with E-state index in [-0.39, 0.29) is 30.4 Å². The fraction of sp³-hybridized carbons (Fsp3) is 0.412. The molecule has 2 aromatic heterocycles. The molecule has 0 spiro atoms. The second-order valence-corrected chi connectivity index (χ2v) is 11.4. The van der Waals surface area contributed by atoms with Crippen LogP contribution in [-0.2, 0) is 29.2 Å². The fourth-order valence-electron chi connectivity index (χ4n) is 5.89. The summed E-state index contributed by atoms with van der Waals surface area (Å²) in [5.41, 5.74) is 4.00. The number of benzene rings is 2. The van der Waals surface area contributed by atoms with Crippen LogP contribution >= 0.6 is 0 Å². The second-order valence-electron chi connectivity index (χ2n) is 11.4. The highest BCUT2D eigenvalue weighted by Gasteiger charge is 2.26. The van der Waals surface area contributed by atoms with Crippen LogP contribution in [0.4, 0.5) is 4.39 Å². The SMILES string of the molecule is CCC(=O)c1ccc(COc2cccc(C3CCN(Cc4nc5ccc(C(=O)OC)cc5n4C[C@@H]4CCO4)CC3)n2)c(F)c1. The van der Waals surface area contributed by atoms with Gasteiger partial charge in [0.15, 0.2) is 5.78 Å². The number of aromatic nitrogens is 3. The van der Waals surface area contributed by atoms with Crippen molar-refractivity contribution < 1.29 is 28.2 Å². The van der Waals surface area contributed by atoms with Crippen molar-refractivity contribution in [3.05, 3.63) is 88.6 Å². The number of carbonyl (C=O) groups excluding carboxylic acids is 2. The molecule has 1 atom stereocenters. The largest absolute Gasteiger partial charge is 0.473 e. The van der Waals surface area contributed by atoms with Crippen LogP contribution in [0.25, 0.3) is 11.0 Å². The molecule has 230 valence electrons. The van der Waals surface area contributed by atoms with Crippen LogP contribution in [-0.4, -0.2) is 64.1 Å². The third kappa shape index (κ3) is 6.51. The Kier molecular flexibility index (Phi) is 8.99. The van der Waals surface area contributed by atoms with Gasteiger partial charge in [0.2, 0.25) is 5.88 Å². The van der Waals surface area contributed by atoms with Crippen LogP contribution in [0.5, 0.6) is 5.88 Å². The van der Waals surface area contributed by atoms with Crippen LogP contribution in [0.2, 0.25) is 0 Å². The first-order chi connectivity index (χ1) is 21.4. The summed E-state index contributed by atoms with van der Waals surface area (Å²) in [5, 5.41) is 0. The van der Waals surface area contributed by atoms with Gasteiger partial charge in [-0.05, 0) is 62.7 Å². The summed E-state index contributed by atoms with van der Waals surface area (Å²) in [6, 6.07) is 15.8. The van der Waals surface area contributed by atoms with E-state index in [0.717, 1.165) is 61.5 Å². The summed E-state index contributed by atoms with van der Waals surface area (Å²) in [5.74, 6) is 0.798. The number of fused-ring (bicyclic) bond motifs is 1. The standard InChI is InChI=1S/C34H37FN4O5/c1-3-31(40)23-7-8-25(27(35)17-23)21-44-33-6-4-5-28(37-33)22-11-14-38(15-12-22)20-32-36-29-10-9-24(34(41)42-2)18-30(29)39(32)19-26-13-16-43-26/h4-10,17-18,22,26H,3,11-16,19-21H2,1-2H3/t26-/m0/s1. The molecule has 44 heavy (non-hydrogen) atoms. The van der Waals surface area contributed by atoms with Gasteiger partial charge < -0.3 is 18.8 Å². The molecule has 9 nitrogen and oxygen atoms in total. The summed E-state index contributed by atoms with van der Waals surface area (Å²) in [4.78, 5) is 36.1. The number of imidazole rings is 1. The molecule has 2 aromatic carbocycles. The van der Waals surface area contributed by atoms with E-state index in [2.05, 4.69) is 9.47 Å². The maximum absolute atomic E-state index is 14.6. The van der Waals surface area contributed by atoms with Crippen molar-refractivity contribution in [1.82, 2.24) is 19.4 Å². The molecule has 0 saturated carbocycles. The van der Waals surface area contributed by atoms with E-state index in [0.29, 0.717) is 42.1 Å². The Morgan fingerprint density at radius 2 is 1.82 bits per heavy atom. The Morgan fingerprint density at radius 3 is 2.52 bits per heavy atom. The Bertz CT molecular complexity index is 1660. The molecule has 2 fully saturated rings. The van der Waals surface area contributed by atoms with Gasteiger partial charge in [0, 0.05) is 41.8 Å². The molecule has 0 aliphatic carbocycles. The molecule has 4 aromatic rings. The molecule has 2 saturated heterocycles. The number of hydrogen-bond donors (Lipinski definition) is 0. The van der Waals surface area contributed by atoms with Crippen molar-refractivity contribution in [2.45, 2.75) is 64.3 Å². The van der Waals surface area contributed by atoms with Gasteiger partial charge in [-0.25, -0.2) is 19.2 Å². The number of ether oxygens (including phenoxy) is 3. The number of likely N-dealkylation sites (tertiary alicyclic amines) is 1. The van der Waals surface area contributed by atoms with E-state index in [1.807, 2.05) is 24.3 Å². The van der Waals surface area contributed by atoms with E-state index in [9.17, 15) is 14.0 Å². The van der Waals surface area contributed by atoms with Crippen molar-refractivity contribution in [3.8, 4) is 5.88 Å². The molecule has 0 unspecified atom stereocenters. The predicted octanol–water partition coefficient (Wildman–Crippen LogP) is 5.70. The third-order valence-electron chi connectivity index (χ3n) is 8.62. The summed E-state index contributed by atoms with van der Waals surface area (Å²) >= 11 is 0. The maximum Gasteiger partial charge on any atom is 0.337 e. The lowest BCUT2D eigenvalue weighted by Gasteiger charge is -2.32. The molecular weight excluding hydrogens is 563 g/mol. The Hall–Kier alpha value is -4.15. The molecule has 0 radical (unpaired) electrons. The monoisotopic (exact) mass is 600 g/mol. The minimum Gasteiger partial charge on any atom is -0.473 e. The third-order valence-corrected chi connectivity index (χ3v) is 8.62. The Labute approximate surface area is 256 Å². The smallest absolute Gasteiger partial charge is 0.337 e. The molecule has 2 aliphatic rings. The van der Waals surface area contributed by atoms with Gasteiger partial charge in [0.05, 0.1) is 42.9 Å². The van der Waals surface area contributed by atoms with Gasteiger partial charge in [0.1, 0.15) is 18.2 Å². The zero-order valence-corrected chi connectivity index (χ0v) is 25.1. The van der Waals surface area contributed by atoms with Gasteiger partial charge in [-0.3, -0.25) is 9.69 Å². The molecule has 10 heteroatoms. The highest BCUT2D eigenvalue weighted by atomic mass is 19.1. The van der Waals surface area contributed by atoms with E-state index in [4.69, 9.17) is 24.2 Å². The zero-order chi connectivity index (χ0) is 30.6. The molecule has 0 amide bonds. The number of hydrogen-bond acceptors (Lipinski definition) is 8. The van der Waals surface area contributed by atoms with Crippen molar-refractivity contribution in [3.63, 3.8) is 0 Å². The summed E-state index contributed by atoms with van der Waals surface area (Å²) < 4.78 is 33.3. The molecule has 6 rings (SSSR count). The first-order valence-electron chi connectivity index (χ1n) is 15.2. The number of Topliss-reactive ketones (excluding diaryl/α,β-unsaturated/α-hetero) is 1. The average Bonchev–Trinajstić information content (AvgIpc) is 3.37. The van der Waals surface area contributed by atoms with Gasteiger partial charge in [-0.2, -0.15) is 0 Å². The number of nitrogens with zero attached hydrogens (tertiary/aromatic N) is 4. The number of pyridine rings is 1. The molecular formula is C34H37FN4O5. The van der Waals surface area contributed by atoms with Crippen molar-refractivity contribution in [2.75, 3.05) is 26.8 Å². The van der Waals surface area contributed by atoms with Gasteiger partial charge in [-0.15, -0.1) is 0 Å². The van der Waals surface area contributed by atoms with Crippen molar-refractivity contribution in [1.29, 1.82) is 0 Å². The molecule has 0 bridgehead atoms. The minimum atomic E-state index is -0.453. The van der Waals surface area contributed by atoms with E-state index in [1.165, 1.54) is 13.2 Å². The number of rotatable bonds is 11. The number of methoxy groups -OCH3 is 1. The van der Waals surface area contributed by atoms with E-state index < -0.39 is 5.82 Å². The zero-order valence-electron chi connectivity index (χ0n) is 25.1. The normalized spacial score (nSPS) is 17.4.